The lowest BCUT2D eigenvalue weighted by atomic mass is 10.0. The molecule has 0 unspecified atom stereocenters. The van der Waals surface area contributed by atoms with Gasteiger partial charge in [0, 0.05) is 41.7 Å². The first-order chi connectivity index (χ1) is 7.36. The zero-order chi connectivity index (χ0) is 10.3. The Labute approximate surface area is 87.1 Å². The number of aromatic amines is 1. The monoisotopic (exact) mass is 200 g/mol. The molecule has 0 fully saturated rings. The summed E-state index contributed by atoms with van der Waals surface area (Å²) in [6.07, 6.45) is 0.912. The second-order valence-corrected chi connectivity index (χ2v) is 3.88. The van der Waals surface area contributed by atoms with Crippen LogP contribution in [0.3, 0.4) is 0 Å². The molecule has 0 saturated carbocycles. The van der Waals surface area contributed by atoms with Crippen molar-refractivity contribution in [1.29, 1.82) is 0 Å². The van der Waals surface area contributed by atoms with Crippen LogP contribution in [0.5, 0.6) is 0 Å². The molecule has 0 saturated heterocycles. The fourth-order valence-electron chi connectivity index (χ4n) is 2.15. The van der Waals surface area contributed by atoms with Crippen molar-refractivity contribution in [3.8, 4) is 0 Å². The SMILES string of the molecule is O=c1c2c([nH]c3ccccc13)CCNC2. The van der Waals surface area contributed by atoms with E-state index in [0.717, 1.165) is 35.1 Å². The van der Waals surface area contributed by atoms with Crippen molar-refractivity contribution in [2.75, 3.05) is 6.54 Å². The predicted octanol–water partition coefficient (Wildman–Crippen LogP) is 1.17. The van der Waals surface area contributed by atoms with E-state index in [1.54, 1.807) is 0 Å². The number of hydrogen-bond donors (Lipinski definition) is 2. The molecular formula is C12H12N2O. The highest BCUT2D eigenvalue weighted by Crippen LogP contribution is 2.13. The summed E-state index contributed by atoms with van der Waals surface area (Å²) in [4.78, 5) is 15.5. The minimum Gasteiger partial charge on any atom is -0.358 e. The van der Waals surface area contributed by atoms with Crippen molar-refractivity contribution < 1.29 is 0 Å². The Morgan fingerprint density at radius 1 is 1.20 bits per heavy atom. The minimum atomic E-state index is 0.173. The Morgan fingerprint density at radius 3 is 3.00 bits per heavy atom. The highest BCUT2D eigenvalue weighted by atomic mass is 16.1. The fraction of sp³-hybridized carbons (Fsp3) is 0.250. The smallest absolute Gasteiger partial charge is 0.194 e. The number of rotatable bonds is 0. The Kier molecular flexibility index (Phi) is 1.86. The number of para-hydroxylation sites is 1. The average Bonchev–Trinajstić information content (AvgIpc) is 2.30. The van der Waals surface area contributed by atoms with Gasteiger partial charge in [0.1, 0.15) is 0 Å². The van der Waals surface area contributed by atoms with Gasteiger partial charge in [0.25, 0.3) is 0 Å². The van der Waals surface area contributed by atoms with Gasteiger partial charge in [-0.1, -0.05) is 12.1 Å². The molecule has 0 aliphatic carbocycles. The quantitative estimate of drug-likeness (QED) is 0.670. The lowest BCUT2D eigenvalue weighted by Crippen LogP contribution is -2.30. The summed E-state index contributed by atoms with van der Waals surface area (Å²) in [5.41, 5.74) is 3.12. The first-order valence-electron chi connectivity index (χ1n) is 5.20. The number of aromatic nitrogens is 1. The van der Waals surface area contributed by atoms with Crippen LogP contribution < -0.4 is 10.7 Å². The number of benzene rings is 1. The second-order valence-electron chi connectivity index (χ2n) is 3.88. The molecule has 3 rings (SSSR count). The van der Waals surface area contributed by atoms with Crippen LogP contribution >= 0.6 is 0 Å². The van der Waals surface area contributed by atoms with Crippen molar-refractivity contribution in [3.63, 3.8) is 0 Å². The zero-order valence-electron chi connectivity index (χ0n) is 8.34. The van der Waals surface area contributed by atoms with E-state index in [1.165, 1.54) is 0 Å². The summed E-state index contributed by atoms with van der Waals surface area (Å²) in [7, 11) is 0. The lowest BCUT2D eigenvalue weighted by molar-refractivity contribution is 0.629. The molecule has 2 N–H and O–H groups in total. The molecule has 0 amide bonds. The number of pyridine rings is 1. The van der Waals surface area contributed by atoms with Crippen LogP contribution in [-0.2, 0) is 13.0 Å². The molecule has 0 bridgehead atoms. The van der Waals surface area contributed by atoms with Crippen LogP contribution in [0.2, 0.25) is 0 Å². The molecule has 2 heterocycles. The standard InChI is InChI=1S/C12H12N2O/c15-12-8-3-1-2-4-10(8)14-11-5-6-13-7-9(11)12/h1-4,13H,5-7H2,(H,14,15). The van der Waals surface area contributed by atoms with Gasteiger partial charge in [-0.3, -0.25) is 4.79 Å². The van der Waals surface area contributed by atoms with Gasteiger partial charge in [0.05, 0.1) is 0 Å². The van der Waals surface area contributed by atoms with E-state index in [1.807, 2.05) is 24.3 Å². The van der Waals surface area contributed by atoms with Crippen LogP contribution in [0.1, 0.15) is 11.3 Å². The van der Waals surface area contributed by atoms with E-state index in [0.29, 0.717) is 6.54 Å². The molecule has 1 aliphatic heterocycles. The van der Waals surface area contributed by atoms with Crippen LogP contribution in [0.15, 0.2) is 29.1 Å². The first kappa shape index (κ1) is 8.68. The summed E-state index contributed by atoms with van der Waals surface area (Å²) in [6.45, 7) is 1.64. The molecule has 76 valence electrons. The minimum absolute atomic E-state index is 0.173. The maximum absolute atomic E-state index is 12.1. The molecule has 0 atom stereocenters. The summed E-state index contributed by atoms with van der Waals surface area (Å²) in [6, 6.07) is 7.69. The van der Waals surface area contributed by atoms with Gasteiger partial charge < -0.3 is 10.3 Å². The van der Waals surface area contributed by atoms with Gasteiger partial charge in [-0.05, 0) is 12.1 Å². The summed E-state index contributed by atoms with van der Waals surface area (Å²) in [5.74, 6) is 0. The second kappa shape index (κ2) is 3.21. The third-order valence-electron chi connectivity index (χ3n) is 2.95. The molecule has 1 aromatic carbocycles. The highest BCUT2D eigenvalue weighted by molar-refractivity contribution is 5.79. The predicted molar refractivity (Wildman–Crippen MR) is 60.0 cm³/mol. The maximum atomic E-state index is 12.1. The molecule has 15 heavy (non-hydrogen) atoms. The van der Waals surface area contributed by atoms with E-state index in [9.17, 15) is 4.79 Å². The van der Waals surface area contributed by atoms with E-state index in [-0.39, 0.29) is 5.43 Å². The van der Waals surface area contributed by atoms with E-state index in [4.69, 9.17) is 0 Å². The van der Waals surface area contributed by atoms with Crippen molar-refractivity contribution >= 4 is 10.9 Å². The van der Waals surface area contributed by atoms with Crippen molar-refractivity contribution in [2.45, 2.75) is 13.0 Å². The Morgan fingerprint density at radius 2 is 2.07 bits per heavy atom. The van der Waals surface area contributed by atoms with Gasteiger partial charge in [0.15, 0.2) is 5.43 Å². The van der Waals surface area contributed by atoms with Crippen LogP contribution in [0.25, 0.3) is 10.9 Å². The van der Waals surface area contributed by atoms with Crippen molar-refractivity contribution in [3.05, 3.63) is 45.7 Å². The molecule has 3 nitrogen and oxygen atoms in total. The lowest BCUT2D eigenvalue weighted by Gasteiger charge is -2.16. The molecule has 1 aromatic heterocycles. The van der Waals surface area contributed by atoms with E-state index < -0.39 is 0 Å². The van der Waals surface area contributed by atoms with Gasteiger partial charge in [-0.25, -0.2) is 0 Å². The Hall–Kier alpha value is -1.61. The third kappa shape index (κ3) is 1.27. The van der Waals surface area contributed by atoms with Crippen LogP contribution in [-0.4, -0.2) is 11.5 Å². The molecule has 3 heteroatoms. The third-order valence-corrected chi connectivity index (χ3v) is 2.95. The largest absolute Gasteiger partial charge is 0.358 e. The summed E-state index contributed by atoms with van der Waals surface area (Å²) < 4.78 is 0. The normalized spacial score (nSPS) is 15.2. The topological polar surface area (TPSA) is 44.9 Å². The van der Waals surface area contributed by atoms with E-state index >= 15 is 0 Å². The number of H-pyrrole nitrogens is 1. The van der Waals surface area contributed by atoms with Crippen LogP contribution in [0, 0.1) is 0 Å². The Balaban J connectivity index is 2.41. The van der Waals surface area contributed by atoms with Crippen molar-refractivity contribution in [1.82, 2.24) is 10.3 Å². The maximum Gasteiger partial charge on any atom is 0.194 e. The van der Waals surface area contributed by atoms with Crippen LogP contribution in [0.4, 0.5) is 0 Å². The summed E-state index contributed by atoms with van der Waals surface area (Å²) >= 11 is 0. The van der Waals surface area contributed by atoms with Gasteiger partial charge in [-0.2, -0.15) is 0 Å². The molecule has 0 radical (unpaired) electrons. The van der Waals surface area contributed by atoms with Gasteiger partial charge in [0.2, 0.25) is 0 Å². The molecule has 1 aliphatic rings. The van der Waals surface area contributed by atoms with Crippen molar-refractivity contribution in [2.24, 2.45) is 0 Å². The Bertz CT molecular complexity index is 571. The van der Waals surface area contributed by atoms with Gasteiger partial charge >= 0.3 is 0 Å². The molecular weight excluding hydrogens is 188 g/mol. The molecule has 2 aromatic rings. The summed E-state index contributed by atoms with van der Waals surface area (Å²) in [5, 5.41) is 4.02. The number of hydrogen-bond acceptors (Lipinski definition) is 2. The number of nitrogens with one attached hydrogen (secondary N) is 2. The zero-order valence-corrected chi connectivity index (χ0v) is 8.34. The number of fused-ring (bicyclic) bond motifs is 2. The molecule has 0 spiro atoms. The van der Waals surface area contributed by atoms with E-state index in [2.05, 4.69) is 10.3 Å². The first-order valence-corrected chi connectivity index (χ1v) is 5.20. The average molecular weight is 200 g/mol. The highest BCUT2D eigenvalue weighted by Gasteiger charge is 2.14. The van der Waals surface area contributed by atoms with Gasteiger partial charge in [-0.15, -0.1) is 0 Å². The fourth-order valence-corrected chi connectivity index (χ4v) is 2.15.